The first-order valence-electron chi connectivity index (χ1n) is 12.7. The zero-order chi connectivity index (χ0) is 26.5. The van der Waals surface area contributed by atoms with Crippen LogP contribution in [0.2, 0.25) is 0 Å². The second-order valence-electron chi connectivity index (χ2n) is 9.91. The number of sulfonamides is 2. The van der Waals surface area contributed by atoms with Gasteiger partial charge >= 0.3 is 0 Å². The third-order valence-corrected chi connectivity index (χ3v) is 11.4. The summed E-state index contributed by atoms with van der Waals surface area (Å²) in [4.78, 5) is 0.354. The Hall–Kier alpha value is -2.76. The molecule has 0 N–H and O–H groups in total. The van der Waals surface area contributed by atoms with E-state index in [1.165, 1.54) is 20.7 Å². The number of nitrogens with zero attached hydrogens (tertiary/aromatic N) is 4. The van der Waals surface area contributed by atoms with Gasteiger partial charge in [0.05, 0.1) is 33.1 Å². The molecule has 0 saturated carbocycles. The maximum atomic E-state index is 13.0. The first-order valence-corrected chi connectivity index (χ1v) is 15.6. The second-order valence-corrected chi connectivity index (χ2v) is 13.8. The van der Waals surface area contributed by atoms with Crippen molar-refractivity contribution in [3.63, 3.8) is 0 Å². The van der Waals surface area contributed by atoms with Crippen LogP contribution in [0.15, 0.2) is 58.3 Å². The van der Waals surface area contributed by atoms with Crippen molar-refractivity contribution in [3.05, 3.63) is 59.7 Å². The molecule has 0 radical (unpaired) electrons. The Bertz CT molecular complexity index is 1290. The molecule has 2 aliphatic rings. The van der Waals surface area contributed by atoms with Crippen molar-refractivity contribution in [2.75, 3.05) is 26.2 Å². The summed E-state index contributed by atoms with van der Waals surface area (Å²) in [7, 11) is -7.17. The lowest BCUT2D eigenvalue weighted by Gasteiger charge is -2.33. The van der Waals surface area contributed by atoms with Crippen LogP contribution in [-0.2, 0) is 20.0 Å². The first-order chi connectivity index (χ1) is 17.7. The predicted molar refractivity (Wildman–Crippen MR) is 139 cm³/mol. The summed E-state index contributed by atoms with van der Waals surface area (Å²) in [5.74, 6) is 0.981. The molecular weight excluding hydrogens is 508 g/mol. The lowest BCUT2D eigenvalue weighted by molar-refractivity contribution is 0.234. The van der Waals surface area contributed by atoms with E-state index in [9.17, 15) is 16.8 Å². The molecule has 2 heterocycles. The number of benzene rings is 2. The fourth-order valence-electron chi connectivity index (χ4n) is 5.32. The van der Waals surface area contributed by atoms with E-state index in [2.05, 4.69) is 0 Å². The van der Waals surface area contributed by atoms with E-state index in [0.29, 0.717) is 49.1 Å². The molecule has 0 bridgehead atoms. The summed E-state index contributed by atoms with van der Waals surface area (Å²) in [6.45, 7) is 1.97. The molecule has 8 nitrogen and oxygen atoms in total. The zero-order valence-electron chi connectivity index (χ0n) is 20.8. The number of rotatable bonds is 8. The van der Waals surface area contributed by atoms with Crippen molar-refractivity contribution >= 4 is 20.0 Å². The molecule has 4 rings (SSSR count). The molecule has 0 spiro atoms. The smallest absolute Gasteiger partial charge is 0.207 e. The minimum atomic E-state index is -3.58. The molecule has 0 aliphatic carbocycles. The van der Waals surface area contributed by atoms with Crippen molar-refractivity contribution in [1.82, 2.24) is 8.61 Å². The van der Waals surface area contributed by atoms with Crippen LogP contribution in [-0.4, -0.2) is 51.6 Å². The van der Waals surface area contributed by atoms with Gasteiger partial charge < -0.3 is 0 Å². The van der Waals surface area contributed by atoms with Crippen LogP contribution in [0.25, 0.3) is 0 Å². The molecule has 0 amide bonds. The standard InChI is InChI=1S/C27H32N4O4S2/c28-20-24-6-2-8-26(18-24)36(32,33)30-14-10-22(11-15-30)4-1-5-23-12-16-31(17-13-23)37(34,35)27-9-3-7-25(19-27)21-29/h2-3,6-9,18-19,22-23H,1,4-5,10-17H2. The summed E-state index contributed by atoms with van der Waals surface area (Å²) in [5, 5.41) is 18.1. The van der Waals surface area contributed by atoms with Crippen LogP contribution >= 0.6 is 0 Å². The quantitative estimate of drug-likeness (QED) is 0.497. The molecule has 0 aromatic heterocycles. The van der Waals surface area contributed by atoms with Crippen LogP contribution in [0, 0.1) is 34.5 Å². The van der Waals surface area contributed by atoms with Gasteiger partial charge in [-0.15, -0.1) is 0 Å². The van der Waals surface area contributed by atoms with E-state index in [4.69, 9.17) is 10.5 Å². The molecule has 2 aromatic rings. The molecule has 2 saturated heterocycles. The number of hydrogen-bond acceptors (Lipinski definition) is 6. The molecule has 37 heavy (non-hydrogen) atoms. The van der Waals surface area contributed by atoms with E-state index in [0.717, 1.165) is 44.9 Å². The molecule has 2 aliphatic heterocycles. The minimum Gasteiger partial charge on any atom is -0.207 e. The SMILES string of the molecule is N#Cc1cccc(S(=O)(=O)N2CCC(CCCC3CCN(S(=O)(=O)c4cccc(C#N)c4)CC3)CC2)c1. The normalized spacial score (nSPS) is 18.8. The van der Waals surface area contributed by atoms with Crippen molar-refractivity contribution in [1.29, 1.82) is 10.5 Å². The van der Waals surface area contributed by atoms with Gasteiger partial charge in [0.1, 0.15) is 0 Å². The maximum Gasteiger partial charge on any atom is 0.243 e. The highest BCUT2D eigenvalue weighted by Gasteiger charge is 2.31. The number of nitriles is 2. The van der Waals surface area contributed by atoms with Gasteiger partial charge in [-0.2, -0.15) is 19.1 Å². The maximum absolute atomic E-state index is 13.0. The summed E-state index contributed by atoms with van der Waals surface area (Å²) < 4.78 is 54.9. The predicted octanol–water partition coefficient (Wildman–Crippen LogP) is 4.10. The van der Waals surface area contributed by atoms with E-state index < -0.39 is 20.0 Å². The Balaban J connectivity index is 1.20. The van der Waals surface area contributed by atoms with Gasteiger partial charge in [-0.1, -0.05) is 31.4 Å². The van der Waals surface area contributed by atoms with Gasteiger partial charge in [-0.05, 0) is 73.9 Å². The van der Waals surface area contributed by atoms with Gasteiger partial charge in [-0.3, -0.25) is 0 Å². The van der Waals surface area contributed by atoms with Crippen molar-refractivity contribution in [2.45, 2.75) is 54.7 Å². The van der Waals surface area contributed by atoms with Gasteiger partial charge in [0.25, 0.3) is 0 Å². The number of piperidine rings is 2. The summed E-state index contributed by atoms with van der Waals surface area (Å²) >= 11 is 0. The third-order valence-electron chi connectivity index (χ3n) is 7.57. The monoisotopic (exact) mass is 540 g/mol. The Morgan fingerprint density at radius 3 is 1.41 bits per heavy atom. The summed E-state index contributed by atoms with van der Waals surface area (Å²) in [6.07, 6.45) is 6.48. The van der Waals surface area contributed by atoms with Crippen molar-refractivity contribution in [2.24, 2.45) is 11.8 Å². The average molecular weight is 541 g/mol. The largest absolute Gasteiger partial charge is 0.243 e. The fraction of sp³-hybridized carbons (Fsp3) is 0.481. The Labute approximate surface area is 220 Å². The van der Waals surface area contributed by atoms with Crippen LogP contribution in [0.1, 0.15) is 56.1 Å². The van der Waals surface area contributed by atoms with Crippen molar-refractivity contribution < 1.29 is 16.8 Å². The highest BCUT2D eigenvalue weighted by molar-refractivity contribution is 7.89. The Morgan fingerprint density at radius 2 is 1.05 bits per heavy atom. The van der Waals surface area contributed by atoms with Crippen molar-refractivity contribution in [3.8, 4) is 12.1 Å². The fourth-order valence-corrected chi connectivity index (χ4v) is 8.35. The van der Waals surface area contributed by atoms with E-state index in [1.54, 1.807) is 36.4 Å². The molecule has 2 fully saturated rings. The average Bonchev–Trinajstić information content (AvgIpc) is 2.93. The highest BCUT2D eigenvalue weighted by atomic mass is 32.2. The third kappa shape index (κ3) is 6.39. The van der Waals surface area contributed by atoms with Gasteiger partial charge in [0.2, 0.25) is 20.0 Å². The number of hydrogen-bond donors (Lipinski definition) is 0. The molecular formula is C27H32N4O4S2. The van der Waals surface area contributed by atoms with Crippen LogP contribution in [0.5, 0.6) is 0 Å². The van der Waals surface area contributed by atoms with E-state index in [1.807, 2.05) is 12.1 Å². The summed E-state index contributed by atoms with van der Waals surface area (Å²) in [5.41, 5.74) is 0.681. The first kappa shape index (κ1) is 27.3. The Morgan fingerprint density at radius 1 is 0.676 bits per heavy atom. The van der Waals surface area contributed by atoms with Gasteiger partial charge in [0, 0.05) is 26.2 Å². The zero-order valence-corrected chi connectivity index (χ0v) is 22.4. The second kappa shape index (κ2) is 11.7. The molecule has 196 valence electrons. The summed E-state index contributed by atoms with van der Waals surface area (Å²) in [6, 6.07) is 16.3. The van der Waals surface area contributed by atoms with E-state index >= 15 is 0 Å². The van der Waals surface area contributed by atoms with E-state index in [-0.39, 0.29) is 9.79 Å². The molecule has 0 atom stereocenters. The lowest BCUT2D eigenvalue weighted by Crippen LogP contribution is -2.39. The molecule has 10 heteroatoms. The van der Waals surface area contributed by atoms with Gasteiger partial charge in [-0.25, -0.2) is 16.8 Å². The highest BCUT2D eigenvalue weighted by Crippen LogP contribution is 2.31. The minimum absolute atomic E-state index is 0.177. The van der Waals surface area contributed by atoms with Gasteiger partial charge in [0.15, 0.2) is 0 Å². The van der Waals surface area contributed by atoms with Crippen LogP contribution in [0.4, 0.5) is 0 Å². The molecule has 2 aromatic carbocycles. The topological polar surface area (TPSA) is 122 Å². The lowest BCUT2D eigenvalue weighted by atomic mass is 9.87. The Kier molecular flexibility index (Phi) is 8.66. The van der Waals surface area contributed by atoms with Crippen LogP contribution < -0.4 is 0 Å². The molecule has 0 unspecified atom stereocenters. The van der Waals surface area contributed by atoms with Crippen LogP contribution in [0.3, 0.4) is 0 Å².